The Morgan fingerprint density at radius 2 is 2.04 bits per heavy atom. The summed E-state index contributed by atoms with van der Waals surface area (Å²) in [7, 11) is 0. The normalized spacial score (nSPS) is 24.2. The lowest BCUT2D eigenvalue weighted by Gasteiger charge is -2.27. The third-order valence-electron chi connectivity index (χ3n) is 5.36. The summed E-state index contributed by atoms with van der Waals surface area (Å²) < 4.78 is 5.84. The first-order valence-electron chi connectivity index (χ1n) is 8.42. The molecule has 7 nitrogen and oxygen atoms in total. The zero-order valence-corrected chi connectivity index (χ0v) is 14.0. The number of likely N-dealkylation sites (tertiary alicyclic amines) is 1. The van der Waals surface area contributed by atoms with Crippen LogP contribution < -0.4 is 10.3 Å². The van der Waals surface area contributed by atoms with Crippen molar-refractivity contribution < 1.29 is 19.4 Å². The lowest BCUT2D eigenvalue weighted by Crippen LogP contribution is -2.42. The van der Waals surface area contributed by atoms with Gasteiger partial charge in [0.25, 0.3) is 5.91 Å². The maximum atomic E-state index is 12.8. The topological polar surface area (TPSA) is 99.7 Å². The standard InChI is InChI=1S/C19H18N2O5/c22-16-6-5-13(8-20-16)17(23)21-9-14-10-26-15-4-2-1-3-12(15)7-19(14,11-21)18(24)25/h1-6,8,14H,7,9-11H2,(H,20,22)(H,24,25)/t14-,19+/m0/s1. The molecular weight excluding hydrogens is 336 g/mol. The second-order valence-corrected chi connectivity index (χ2v) is 6.88. The second kappa shape index (κ2) is 6.01. The number of para-hydroxylation sites is 1. The highest BCUT2D eigenvalue weighted by Gasteiger charge is 2.55. The molecule has 7 heteroatoms. The minimum Gasteiger partial charge on any atom is -0.493 e. The number of nitrogens with zero attached hydrogens (tertiary/aromatic N) is 1. The molecule has 3 heterocycles. The Balaban J connectivity index is 1.66. The highest BCUT2D eigenvalue weighted by Crippen LogP contribution is 2.44. The first-order chi connectivity index (χ1) is 12.5. The molecule has 2 N–H and O–H groups in total. The number of amides is 1. The lowest BCUT2D eigenvalue weighted by molar-refractivity contribution is -0.150. The van der Waals surface area contributed by atoms with Gasteiger partial charge in [0.2, 0.25) is 5.56 Å². The van der Waals surface area contributed by atoms with Crippen molar-refractivity contribution in [2.24, 2.45) is 11.3 Å². The van der Waals surface area contributed by atoms with Crippen LogP contribution in [0.15, 0.2) is 47.4 Å². The number of ether oxygens (including phenoxy) is 1. The summed E-state index contributed by atoms with van der Waals surface area (Å²) in [5, 5.41) is 10.0. The summed E-state index contributed by atoms with van der Waals surface area (Å²) in [6, 6.07) is 10.2. The highest BCUT2D eigenvalue weighted by atomic mass is 16.5. The molecule has 26 heavy (non-hydrogen) atoms. The number of aromatic amines is 1. The van der Waals surface area contributed by atoms with E-state index >= 15 is 0 Å². The highest BCUT2D eigenvalue weighted by molar-refractivity contribution is 5.95. The number of rotatable bonds is 2. The van der Waals surface area contributed by atoms with Crippen LogP contribution in [-0.2, 0) is 11.2 Å². The number of carbonyl (C=O) groups is 2. The summed E-state index contributed by atoms with van der Waals surface area (Å²) in [6.07, 6.45) is 1.68. The van der Waals surface area contributed by atoms with Crippen molar-refractivity contribution in [1.82, 2.24) is 9.88 Å². The predicted molar refractivity (Wildman–Crippen MR) is 92.2 cm³/mol. The maximum absolute atomic E-state index is 12.8. The SMILES string of the molecule is O=C(c1ccc(=O)[nH]c1)N1C[C@H]2COc3ccccc3C[C@@]2(C(=O)O)C1. The molecule has 0 unspecified atom stereocenters. The number of pyridine rings is 1. The summed E-state index contributed by atoms with van der Waals surface area (Å²) in [5.74, 6) is -0.803. The number of aliphatic carboxylic acids is 1. The molecule has 1 saturated heterocycles. The smallest absolute Gasteiger partial charge is 0.312 e. The third-order valence-corrected chi connectivity index (χ3v) is 5.36. The van der Waals surface area contributed by atoms with E-state index in [0.29, 0.717) is 24.3 Å². The molecule has 0 spiro atoms. The van der Waals surface area contributed by atoms with Gasteiger partial charge in [-0.2, -0.15) is 0 Å². The van der Waals surface area contributed by atoms with Gasteiger partial charge in [0.05, 0.1) is 17.6 Å². The van der Waals surface area contributed by atoms with Gasteiger partial charge < -0.3 is 19.7 Å². The van der Waals surface area contributed by atoms with Crippen molar-refractivity contribution in [3.63, 3.8) is 0 Å². The Labute approximate surface area is 149 Å². The van der Waals surface area contributed by atoms with E-state index in [1.54, 1.807) is 4.90 Å². The van der Waals surface area contributed by atoms with E-state index in [1.807, 2.05) is 24.3 Å². The van der Waals surface area contributed by atoms with Gasteiger partial charge in [-0.1, -0.05) is 18.2 Å². The number of carboxylic acid groups (broad SMARTS) is 1. The van der Waals surface area contributed by atoms with E-state index in [1.165, 1.54) is 18.3 Å². The number of fused-ring (bicyclic) bond motifs is 2. The van der Waals surface area contributed by atoms with Crippen molar-refractivity contribution in [3.05, 3.63) is 64.1 Å². The fourth-order valence-corrected chi connectivity index (χ4v) is 3.91. The molecule has 0 bridgehead atoms. The van der Waals surface area contributed by atoms with E-state index in [-0.39, 0.29) is 30.5 Å². The monoisotopic (exact) mass is 354 g/mol. The van der Waals surface area contributed by atoms with Gasteiger partial charge >= 0.3 is 5.97 Å². The van der Waals surface area contributed by atoms with Crippen LogP contribution in [0.5, 0.6) is 5.75 Å². The molecule has 1 aromatic heterocycles. The van der Waals surface area contributed by atoms with Gasteiger partial charge in [-0.3, -0.25) is 14.4 Å². The zero-order valence-electron chi connectivity index (χ0n) is 14.0. The Bertz CT molecular complexity index is 917. The van der Waals surface area contributed by atoms with Gasteiger partial charge in [0.15, 0.2) is 0 Å². The van der Waals surface area contributed by atoms with Crippen LogP contribution in [0.3, 0.4) is 0 Å². The molecule has 0 radical (unpaired) electrons. The molecule has 0 saturated carbocycles. The zero-order chi connectivity index (χ0) is 18.3. The van der Waals surface area contributed by atoms with Gasteiger partial charge in [-0.05, 0) is 24.1 Å². The predicted octanol–water partition coefficient (Wildman–Crippen LogP) is 1.15. The summed E-state index contributed by atoms with van der Waals surface area (Å²) in [4.78, 5) is 40.2. The Hall–Kier alpha value is -3.09. The number of carbonyl (C=O) groups excluding carboxylic acids is 1. The minimum absolute atomic E-state index is 0.114. The quantitative estimate of drug-likeness (QED) is 0.843. The van der Waals surface area contributed by atoms with Crippen LogP contribution in [0.4, 0.5) is 0 Å². The first kappa shape index (κ1) is 16.4. The van der Waals surface area contributed by atoms with Crippen molar-refractivity contribution in [2.75, 3.05) is 19.7 Å². The van der Waals surface area contributed by atoms with Crippen LogP contribution in [-0.4, -0.2) is 46.6 Å². The average Bonchev–Trinajstić information content (AvgIpc) is 2.93. The molecular formula is C19H18N2O5. The molecule has 2 atom stereocenters. The molecule has 2 aliphatic rings. The number of hydrogen-bond acceptors (Lipinski definition) is 4. The van der Waals surface area contributed by atoms with Crippen molar-refractivity contribution >= 4 is 11.9 Å². The third kappa shape index (κ3) is 2.56. The van der Waals surface area contributed by atoms with Crippen LogP contribution in [0.1, 0.15) is 15.9 Å². The maximum Gasteiger partial charge on any atom is 0.312 e. The minimum atomic E-state index is -1.08. The molecule has 4 rings (SSSR count). The summed E-state index contributed by atoms with van der Waals surface area (Å²) in [5.41, 5.74) is -0.191. The Kier molecular flexibility index (Phi) is 3.79. The molecule has 1 aromatic carbocycles. The fourth-order valence-electron chi connectivity index (χ4n) is 3.91. The Morgan fingerprint density at radius 1 is 1.23 bits per heavy atom. The fraction of sp³-hybridized carbons (Fsp3) is 0.316. The number of nitrogens with one attached hydrogen (secondary N) is 1. The van der Waals surface area contributed by atoms with Crippen molar-refractivity contribution in [3.8, 4) is 5.75 Å². The van der Waals surface area contributed by atoms with Gasteiger partial charge in [0, 0.05) is 31.3 Å². The molecule has 1 amide bonds. The number of hydrogen-bond donors (Lipinski definition) is 2. The van der Waals surface area contributed by atoms with Crippen molar-refractivity contribution in [1.29, 1.82) is 0 Å². The summed E-state index contributed by atoms with van der Waals surface area (Å²) in [6.45, 7) is 0.666. The largest absolute Gasteiger partial charge is 0.493 e. The second-order valence-electron chi connectivity index (χ2n) is 6.88. The van der Waals surface area contributed by atoms with Gasteiger partial charge in [0.1, 0.15) is 5.75 Å². The van der Waals surface area contributed by atoms with Crippen LogP contribution in [0, 0.1) is 11.3 Å². The summed E-state index contributed by atoms with van der Waals surface area (Å²) >= 11 is 0. The lowest BCUT2D eigenvalue weighted by atomic mass is 9.74. The number of H-pyrrole nitrogens is 1. The molecule has 2 aromatic rings. The van der Waals surface area contributed by atoms with Crippen molar-refractivity contribution in [2.45, 2.75) is 6.42 Å². The van der Waals surface area contributed by atoms with E-state index in [9.17, 15) is 19.5 Å². The van der Waals surface area contributed by atoms with Crippen LogP contribution in [0.2, 0.25) is 0 Å². The van der Waals surface area contributed by atoms with Gasteiger partial charge in [-0.15, -0.1) is 0 Å². The Morgan fingerprint density at radius 3 is 2.77 bits per heavy atom. The molecule has 134 valence electrons. The van der Waals surface area contributed by atoms with Crippen LogP contribution >= 0.6 is 0 Å². The van der Waals surface area contributed by atoms with E-state index in [0.717, 1.165) is 5.56 Å². The molecule has 1 fully saturated rings. The van der Waals surface area contributed by atoms with E-state index in [2.05, 4.69) is 4.98 Å². The average molecular weight is 354 g/mol. The van der Waals surface area contributed by atoms with Crippen LogP contribution in [0.25, 0.3) is 0 Å². The number of carboxylic acids is 1. The first-order valence-corrected chi connectivity index (χ1v) is 8.42. The molecule has 0 aliphatic carbocycles. The van der Waals surface area contributed by atoms with Gasteiger partial charge in [-0.25, -0.2) is 0 Å². The van der Waals surface area contributed by atoms with E-state index in [4.69, 9.17) is 4.74 Å². The molecule has 2 aliphatic heterocycles. The number of aromatic nitrogens is 1. The number of benzene rings is 1. The van der Waals surface area contributed by atoms with E-state index < -0.39 is 11.4 Å².